The van der Waals surface area contributed by atoms with Gasteiger partial charge in [0.1, 0.15) is 0 Å². The molecule has 0 bridgehead atoms. The fourth-order valence-electron chi connectivity index (χ4n) is 2.17. The largest absolute Gasteiger partial charge is 0.309 e. The van der Waals surface area contributed by atoms with Crippen LogP contribution in [-0.2, 0) is 0 Å². The van der Waals surface area contributed by atoms with Gasteiger partial charge in [0.25, 0.3) is 0 Å². The van der Waals surface area contributed by atoms with E-state index in [0.717, 1.165) is 5.92 Å². The molecular formula is C11H24ClN. The first kappa shape index (κ1) is 13.2. The minimum atomic E-state index is 0. The van der Waals surface area contributed by atoms with Gasteiger partial charge in [0, 0.05) is 0 Å². The number of hydrogen-bond donors (Lipinski definition) is 0. The van der Waals surface area contributed by atoms with Crippen LogP contribution in [0, 0.1) is 5.92 Å². The van der Waals surface area contributed by atoms with Gasteiger partial charge in [-0.3, -0.25) is 0 Å². The third-order valence-electron chi connectivity index (χ3n) is 2.94. The van der Waals surface area contributed by atoms with Crippen LogP contribution >= 0.6 is 12.4 Å². The molecule has 1 fully saturated rings. The van der Waals surface area contributed by atoms with E-state index in [1.54, 1.807) is 0 Å². The third kappa shape index (κ3) is 6.34. The molecule has 1 nitrogen and oxygen atoms in total. The summed E-state index contributed by atoms with van der Waals surface area (Å²) in [5.74, 6) is 1.07. The van der Waals surface area contributed by atoms with Crippen molar-refractivity contribution in [3.63, 3.8) is 0 Å². The number of nitrogens with zero attached hydrogens (tertiary/aromatic N) is 1. The second-order valence-corrected chi connectivity index (χ2v) is 4.45. The first-order valence-electron chi connectivity index (χ1n) is 5.44. The van der Waals surface area contributed by atoms with E-state index in [2.05, 4.69) is 19.0 Å². The van der Waals surface area contributed by atoms with Crippen LogP contribution in [0.5, 0.6) is 0 Å². The van der Waals surface area contributed by atoms with Crippen molar-refractivity contribution in [2.45, 2.75) is 44.9 Å². The molecule has 0 aliphatic heterocycles. The molecule has 1 rings (SSSR count). The van der Waals surface area contributed by atoms with Crippen LogP contribution in [0.2, 0.25) is 0 Å². The lowest BCUT2D eigenvalue weighted by Gasteiger charge is -2.21. The van der Waals surface area contributed by atoms with Crippen molar-refractivity contribution in [3.05, 3.63) is 0 Å². The Morgan fingerprint density at radius 2 is 1.69 bits per heavy atom. The van der Waals surface area contributed by atoms with Crippen molar-refractivity contribution < 1.29 is 0 Å². The minimum Gasteiger partial charge on any atom is -0.309 e. The zero-order chi connectivity index (χ0) is 8.81. The summed E-state index contributed by atoms with van der Waals surface area (Å²) in [4.78, 5) is 2.29. The van der Waals surface area contributed by atoms with Gasteiger partial charge in [-0.05, 0) is 39.4 Å². The molecule has 0 amide bonds. The van der Waals surface area contributed by atoms with Crippen LogP contribution in [-0.4, -0.2) is 25.5 Å². The van der Waals surface area contributed by atoms with Gasteiger partial charge in [0.2, 0.25) is 0 Å². The van der Waals surface area contributed by atoms with Crippen LogP contribution in [0.15, 0.2) is 0 Å². The van der Waals surface area contributed by atoms with Gasteiger partial charge < -0.3 is 4.90 Å². The van der Waals surface area contributed by atoms with E-state index in [-0.39, 0.29) is 12.4 Å². The number of rotatable bonds is 4. The third-order valence-corrected chi connectivity index (χ3v) is 2.94. The molecule has 0 aromatic carbocycles. The monoisotopic (exact) mass is 205 g/mol. The summed E-state index contributed by atoms with van der Waals surface area (Å²) in [5.41, 5.74) is 0. The Kier molecular flexibility index (Phi) is 7.78. The zero-order valence-electron chi connectivity index (χ0n) is 9.09. The molecular weight excluding hydrogens is 182 g/mol. The van der Waals surface area contributed by atoms with E-state index >= 15 is 0 Å². The molecule has 2 heteroatoms. The standard InChI is InChI=1S/C11H23N.ClH/c1-12(2)10-6-9-11-7-4-3-5-8-11;/h11H,3-10H2,1-2H3;1H. The lowest BCUT2D eigenvalue weighted by atomic mass is 9.86. The van der Waals surface area contributed by atoms with Crippen LogP contribution in [0.25, 0.3) is 0 Å². The highest BCUT2D eigenvalue weighted by molar-refractivity contribution is 5.85. The maximum Gasteiger partial charge on any atom is -0.00247 e. The molecule has 1 aliphatic carbocycles. The smallest absolute Gasteiger partial charge is 0.00247 e. The van der Waals surface area contributed by atoms with Crippen LogP contribution < -0.4 is 0 Å². The molecule has 0 aromatic rings. The second kappa shape index (κ2) is 7.64. The normalized spacial score (nSPS) is 18.7. The quantitative estimate of drug-likeness (QED) is 0.681. The molecule has 0 saturated heterocycles. The molecule has 0 heterocycles. The van der Waals surface area contributed by atoms with Crippen LogP contribution in [0.3, 0.4) is 0 Å². The molecule has 0 spiro atoms. The average molecular weight is 206 g/mol. The molecule has 0 radical (unpaired) electrons. The highest BCUT2D eigenvalue weighted by Gasteiger charge is 2.12. The van der Waals surface area contributed by atoms with Crippen molar-refractivity contribution in [3.8, 4) is 0 Å². The van der Waals surface area contributed by atoms with Crippen molar-refractivity contribution in [2.75, 3.05) is 20.6 Å². The highest BCUT2D eigenvalue weighted by atomic mass is 35.5. The lowest BCUT2D eigenvalue weighted by Crippen LogP contribution is -2.15. The van der Waals surface area contributed by atoms with Gasteiger partial charge in [0.15, 0.2) is 0 Å². The Labute approximate surface area is 89.3 Å². The van der Waals surface area contributed by atoms with Crippen LogP contribution in [0.4, 0.5) is 0 Å². The first-order valence-corrected chi connectivity index (χ1v) is 5.44. The average Bonchev–Trinajstić information content (AvgIpc) is 2.05. The second-order valence-electron chi connectivity index (χ2n) is 4.45. The summed E-state index contributed by atoms with van der Waals surface area (Å²) < 4.78 is 0. The van der Waals surface area contributed by atoms with E-state index in [1.165, 1.54) is 51.5 Å². The van der Waals surface area contributed by atoms with E-state index in [0.29, 0.717) is 0 Å². The molecule has 80 valence electrons. The zero-order valence-corrected chi connectivity index (χ0v) is 9.91. The van der Waals surface area contributed by atoms with Crippen molar-refractivity contribution in [2.24, 2.45) is 5.92 Å². The van der Waals surface area contributed by atoms with Crippen LogP contribution in [0.1, 0.15) is 44.9 Å². The SMILES string of the molecule is CN(C)CCCC1CCCCC1.Cl. The highest BCUT2D eigenvalue weighted by Crippen LogP contribution is 2.27. The summed E-state index contributed by atoms with van der Waals surface area (Å²) in [7, 11) is 4.34. The predicted molar refractivity (Wildman–Crippen MR) is 61.6 cm³/mol. The van der Waals surface area contributed by atoms with Gasteiger partial charge in [-0.25, -0.2) is 0 Å². The molecule has 1 aliphatic rings. The fourth-order valence-corrected chi connectivity index (χ4v) is 2.17. The van der Waals surface area contributed by atoms with E-state index in [1.807, 2.05) is 0 Å². The van der Waals surface area contributed by atoms with E-state index < -0.39 is 0 Å². The number of halogens is 1. The predicted octanol–water partition coefficient (Wildman–Crippen LogP) is 3.33. The first-order chi connectivity index (χ1) is 5.79. The Balaban J connectivity index is 0.00000144. The summed E-state index contributed by atoms with van der Waals surface area (Å²) in [6.45, 7) is 1.27. The lowest BCUT2D eigenvalue weighted by molar-refractivity contribution is 0.307. The van der Waals surface area contributed by atoms with Gasteiger partial charge in [-0.2, -0.15) is 0 Å². The fraction of sp³-hybridized carbons (Fsp3) is 1.00. The Morgan fingerprint density at radius 1 is 1.08 bits per heavy atom. The molecule has 0 N–H and O–H groups in total. The van der Waals surface area contributed by atoms with Gasteiger partial charge in [-0.1, -0.05) is 32.1 Å². The summed E-state index contributed by atoms with van der Waals surface area (Å²) in [6, 6.07) is 0. The number of hydrogen-bond acceptors (Lipinski definition) is 1. The summed E-state index contributed by atoms with van der Waals surface area (Å²) in [6.07, 6.45) is 10.4. The summed E-state index contributed by atoms with van der Waals surface area (Å²) in [5, 5.41) is 0. The topological polar surface area (TPSA) is 3.24 Å². The van der Waals surface area contributed by atoms with Crippen molar-refractivity contribution >= 4 is 12.4 Å². The maximum absolute atomic E-state index is 2.29. The minimum absolute atomic E-state index is 0. The van der Waals surface area contributed by atoms with Crippen molar-refractivity contribution in [1.29, 1.82) is 0 Å². The summed E-state index contributed by atoms with van der Waals surface area (Å²) >= 11 is 0. The van der Waals surface area contributed by atoms with Gasteiger partial charge in [-0.15, -0.1) is 12.4 Å². The molecule has 13 heavy (non-hydrogen) atoms. The van der Waals surface area contributed by atoms with E-state index in [4.69, 9.17) is 0 Å². The molecule has 0 atom stereocenters. The molecule has 0 aromatic heterocycles. The van der Waals surface area contributed by atoms with Gasteiger partial charge >= 0.3 is 0 Å². The Morgan fingerprint density at radius 3 is 2.23 bits per heavy atom. The van der Waals surface area contributed by atoms with Crippen molar-refractivity contribution in [1.82, 2.24) is 4.90 Å². The molecule has 1 saturated carbocycles. The Bertz CT molecular complexity index is 109. The van der Waals surface area contributed by atoms with E-state index in [9.17, 15) is 0 Å². The Hall–Kier alpha value is 0.250. The van der Waals surface area contributed by atoms with Gasteiger partial charge in [0.05, 0.1) is 0 Å². The molecule has 0 unspecified atom stereocenters. The maximum atomic E-state index is 2.29.